The van der Waals surface area contributed by atoms with Crippen LogP contribution >= 0.6 is 11.3 Å². The lowest BCUT2D eigenvalue weighted by atomic mass is 10.2. The smallest absolute Gasteiger partial charge is 0.271 e. The summed E-state index contributed by atoms with van der Waals surface area (Å²) < 4.78 is 0. The van der Waals surface area contributed by atoms with Gasteiger partial charge in [0, 0.05) is 5.38 Å². The molecule has 3 amide bonds. The molecule has 0 bridgehead atoms. The number of hydrogen-bond acceptors (Lipinski definition) is 6. The van der Waals surface area contributed by atoms with Crippen LogP contribution in [-0.2, 0) is 9.59 Å². The summed E-state index contributed by atoms with van der Waals surface area (Å²) in [6.45, 7) is 0.939. The van der Waals surface area contributed by atoms with E-state index in [9.17, 15) is 14.4 Å². The van der Waals surface area contributed by atoms with E-state index in [-0.39, 0.29) is 18.2 Å². The highest BCUT2D eigenvalue weighted by Crippen LogP contribution is 2.25. The highest BCUT2D eigenvalue weighted by Gasteiger charge is 2.24. The van der Waals surface area contributed by atoms with Crippen LogP contribution in [0.15, 0.2) is 5.38 Å². The molecular weight excluding hydrogens is 294 g/mol. The Kier molecular flexibility index (Phi) is 4.86. The van der Waals surface area contributed by atoms with Crippen molar-refractivity contribution < 1.29 is 14.4 Å². The first-order valence-electron chi connectivity index (χ1n) is 6.54. The molecule has 1 fully saturated rings. The lowest BCUT2D eigenvalue weighted by molar-refractivity contribution is -0.124. The van der Waals surface area contributed by atoms with Gasteiger partial charge in [0.05, 0.1) is 12.5 Å². The molecule has 6 N–H and O–H groups in total. The molecule has 0 aliphatic carbocycles. The molecule has 114 valence electrons. The Morgan fingerprint density at radius 3 is 2.81 bits per heavy atom. The van der Waals surface area contributed by atoms with Gasteiger partial charge in [0.15, 0.2) is 0 Å². The molecule has 2 rings (SSSR count). The third-order valence-corrected chi connectivity index (χ3v) is 4.13. The fraction of sp³-hybridized carbons (Fsp3) is 0.500. The summed E-state index contributed by atoms with van der Waals surface area (Å²) in [6.07, 6.45) is 1.73. The average Bonchev–Trinajstić information content (AvgIpc) is 3.08. The monoisotopic (exact) mass is 311 g/mol. The normalized spacial score (nSPS) is 19.1. The second kappa shape index (κ2) is 6.64. The van der Waals surface area contributed by atoms with E-state index in [2.05, 4.69) is 15.6 Å². The van der Waals surface area contributed by atoms with Crippen molar-refractivity contribution in [3.05, 3.63) is 16.1 Å². The number of nitrogens with one attached hydrogen (secondary N) is 2. The summed E-state index contributed by atoms with van der Waals surface area (Å²) in [5.41, 5.74) is 10.3. The molecule has 0 saturated carbocycles. The SMILES string of the molecule is NC(=O)CC(NC(=O)c1csc(C2CCCN2)n1)C(N)=O. The largest absolute Gasteiger partial charge is 0.370 e. The molecule has 0 radical (unpaired) electrons. The van der Waals surface area contributed by atoms with Gasteiger partial charge in [-0.2, -0.15) is 0 Å². The predicted octanol–water partition coefficient (Wildman–Crippen LogP) is -0.973. The molecule has 9 heteroatoms. The first kappa shape index (κ1) is 15.4. The Hall–Kier alpha value is -2.00. The first-order valence-corrected chi connectivity index (χ1v) is 7.42. The van der Waals surface area contributed by atoms with E-state index in [0.29, 0.717) is 0 Å². The van der Waals surface area contributed by atoms with Gasteiger partial charge in [-0.1, -0.05) is 0 Å². The van der Waals surface area contributed by atoms with Crippen LogP contribution in [0.25, 0.3) is 0 Å². The van der Waals surface area contributed by atoms with E-state index < -0.39 is 23.8 Å². The second-order valence-electron chi connectivity index (χ2n) is 4.82. The van der Waals surface area contributed by atoms with E-state index in [0.717, 1.165) is 24.4 Å². The van der Waals surface area contributed by atoms with Crippen LogP contribution < -0.4 is 22.1 Å². The van der Waals surface area contributed by atoms with Crippen molar-refractivity contribution in [2.45, 2.75) is 31.3 Å². The number of carbonyl (C=O) groups excluding carboxylic acids is 3. The average molecular weight is 311 g/mol. The number of aromatic nitrogens is 1. The van der Waals surface area contributed by atoms with Gasteiger partial charge in [0.25, 0.3) is 5.91 Å². The molecule has 0 spiro atoms. The fourth-order valence-electron chi connectivity index (χ4n) is 2.10. The molecule has 8 nitrogen and oxygen atoms in total. The van der Waals surface area contributed by atoms with Crippen molar-refractivity contribution >= 4 is 29.1 Å². The highest BCUT2D eigenvalue weighted by molar-refractivity contribution is 7.09. The van der Waals surface area contributed by atoms with Gasteiger partial charge in [-0.3, -0.25) is 14.4 Å². The third-order valence-electron chi connectivity index (χ3n) is 3.17. The van der Waals surface area contributed by atoms with Gasteiger partial charge in [-0.25, -0.2) is 4.98 Å². The summed E-state index contributed by atoms with van der Waals surface area (Å²) in [5, 5.41) is 8.12. The maximum Gasteiger partial charge on any atom is 0.271 e. The second-order valence-corrected chi connectivity index (χ2v) is 5.71. The molecule has 2 unspecified atom stereocenters. The van der Waals surface area contributed by atoms with Crippen molar-refractivity contribution in [1.29, 1.82) is 0 Å². The molecule has 2 atom stereocenters. The van der Waals surface area contributed by atoms with Crippen LogP contribution in [0.3, 0.4) is 0 Å². The van der Waals surface area contributed by atoms with Crippen LogP contribution in [-0.4, -0.2) is 35.3 Å². The van der Waals surface area contributed by atoms with Crippen molar-refractivity contribution in [3.63, 3.8) is 0 Å². The Balaban J connectivity index is 2.01. The summed E-state index contributed by atoms with van der Waals surface area (Å²) in [4.78, 5) is 38.3. The zero-order chi connectivity index (χ0) is 15.4. The van der Waals surface area contributed by atoms with Crippen molar-refractivity contribution in [2.75, 3.05) is 6.54 Å². The lowest BCUT2D eigenvalue weighted by Crippen LogP contribution is -2.46. The molecule has 21 heavy (non-hydrogen) atoms. The topological polar surface area (TPSA) is 140 Å². The van der Waals surface area contributed by atoms with Crippen LogP contribution in [0.4, 0.5) is 0 Å². The van der Waals surface area contributed by atoms with E-state index in [1.165, 1.54) is 11.3 Å². The Labute approximate surface area is 125 Å². The van der Waals surface area contributed by atoms with Crippen molar-refractivity contribution in [3.8, 4) is 0 Å². The van der Waals surface area contributed by atoms with E-state index in [4.69, 9.17) is 11.5 Å². The Morgan fingerprint density at radius 2 is 2.24 bits per heavy atom. The summed E-state index contributed by atoms with van der Waals surface area (Å²) in [7, 11) is 0. The fourth-order valence-corrected chi connectivity index (χ4v) is 3.01. The molecule has 1 saturated heterocycles. The standard InChI is InChI=1S/C12H17N5O3S/c13-9(18)4-7(10(14)19)16-11(20)8-5-21-12(17-8)6-2-1-3-15-6/h5-7,15H,1-4H2,(H2,13,18)(H2,14,19)(H,16,20). The van der Waals surface area contributed by atoms with E-state index >= 15 is 0 Å². The number of thiazole rings is 1. The number of nitrogens with zero attached hydrogens (tertiary/aromatic N) is 1. The molecule has 2 heterocycles. The maximum atomic E-state index is 12.0. The van der Waals surface area contributed by atoms with Crippen molar-refractivity contribution in [2.24, 2.45) is 11.5 Å². The van der Waals surface area contributed by atoms with Crippen LogP contribution in [0.2, 0.25) is 0 Å². The maximum absolute atomic E-state index is 12.0. The van der Waals surface area contributed by atoms with E-state index in [1.807, 2.05) is 0 Å². The molecule has 1 aliphatic heterocycles. The summed E-state index contributed by atoms with van der Waals surface area (Å²) in [6, 6.07) is -0.945. The Morgan fingerprint density at radius 1 is 1.48 bits per heavy atom. The van der Waals surface area contributed by atoms with Gasteiger partial charge >= 0.3 is 0 Å². The number of hydrogen-bond donors (Lipinski definition) is 4. The minimum Gasteiger partial charge on any atom is -0.370 e. The van der Waals surface area contributed by atoms with Crippen LogP contribution in [0.1, 0.15) is 40.8 Å². The van der Waals surface area contributed by atoms with Crippen LogP contribution in [0.5, 0.6) is 0 Å². The highest BCUT2D eigenvalue weighted by atomic mass is 32.1. The number of primary amides is 2. The Bertz CT molecular complexity index is 553. The number of amides is 3. The minimum absolute atomic E-state index is 0.175. The third kappa shape index (κ3) is 3.99. The number of carbonyl (C=O) groups is 3. The first-order chi connectivity index (χ1) is 9.97. The van der Waals surface area contributed by atoms with Gasteiger partial charge in [0.2, 0.25) is 11.8 Å². The number of nitrogens with two attached hydrogens (primary N) is 2. The van der Waals surface area contributed by atoms with Gasteiger partial charge in [-0.05, 0) is 19.4 Å². The zero-order valence-electron chi connectivity index (χ0n) is 11.3. The molecule has 1 aromatic rings. The molecular formula is C12H17N5O3S. The van der Waals surface area contributed by atoms with Gasteiger partial charge in [-0.15, -0.1) is 11.3 Å². The van der Waals surface area contributed by atoms with Crippen LogP contribution in [0, 0.1) is 0 Å². The molecule has 0 aromatic carbocycles. The summed E-state index contributed by atoms with van der Waals surface area (Å²) in [5.74, 6) is -2.07. The quantitative estimate of drug-likeness (QED) is 0.535. The van der Waals surface area contributed by atoms with Crippen molar-refractivity contribution in [1.82, 2.24) is 15.6 Å². The number of rotatable bonds is 6. The zero-order valence-corrected chi connectivity index (χ0v) is 12.1. The van der Waals surface area contributed by atoms with Gasteiger partial charge < -0.3 is 22.1 Å². The van der Waals surface area contributed by atoms with E-state index in [1.54, 1.807) is 5.38 Å². The predicted molar refractivity (Wildman–Crippen MR) is 76.4 cm³/mol. The molecule has 1 aromatic heterocycles. The summed E-state index contributed by atoms with van der Waals surface area (Å²) >= 11 is 1.38. The lowest BCUT2D eigenvalue weighted by Gasteiger charge is -2.12. The molecule has 1 aliphatic rings. The minimum atomic E-state index is -1.12. The van der Waals surface area contributed by atoms with Gasteiger partial charge in [0.1, 0.15) is 16.7 Å².